The van der Waals surface area contributed by atoms with Crippen LogP contribution in [0, 0.1) is 0 Å². The van der Waals surface area contributed by atoms with Gasteiger partial charge in [0.05, 0.1) is 30.4 Å². The molecule has 0 fully saturated rings. The number of hydrogen-bond donors (Lipinski definition) is 0. The van der Waals surface area contributed by atoms with Crippen molar-refractivity contribution < 1.29 is 19.0 Å². The number of nitrogens with zero attached hydrogens (tertiary/aromatic N) is 3. The highest BCUT2D eigenvalue weighted by Gasteiger charge is 2.32. The maximum atomic E-state index is 13.2. The molecule has 4 rings (SSSR count). The molecular weight excluding hydrogens is 402 g/mol. The SMILES string of the molecule is CCCn1c(=O)n(C)c(=O)c2c(-c3ccc(OCC)c(OC)c3)c3c(nc21)COC3=O. The van der Waals surface area contributed by atoms with E-state index in [1.54, 1.807) is 18.2 Å². The van der Waals surface area contributed by atoms with E-state index in [2.05, 4.69) is 4.98 Å². The van der Waals surface area contributed by atoms with Crippen LogP contribution >= 0.6 is 0 Å². The van der Waals surface area contributed by atoms with E-state index in [0.29, 0.717) is 47.9 Å². The summed E-state index contributed by atoms with van der Waals surface area (Å²) in [5.74, 6) is 0.452. The Bertz CT molecular complexity index is 1320. The average molecular weight is 425 g/mol. The minimum atomic E-state index is -0.553. The molecule has 1 aromatic carbocycles. The van der Waals surface area contributed by atoms with Gasteiger partial charge in [-0.2, -0.15) is 0 Å². The third-order valence-electron chi connectivity index (χ3n) is 5.29. The summed E-state index contributed by atoms with van der Waals surface area (Å²) in [4.78, 5) is 43.1. The smallest absolute Gasteiger partial charge is 0.341 e. The number of aryl methyl sites for hydroxylation is 1. The minimum absolute atomic E-state index is 0.0131. The summed E-state index contributed by atoms with van der Waals surface area (Å²) in [6.45, 7) is 4.63. The highest BCUT2D eigenvalue weighted by atomic mass is 16.5. The molecule has 0 radical (unpaired) electrons. The molecule has 9 heteroatoms. The van der Waals surface area contributed by atoms with Crippen LogP contribution in [-0.4, -0.2) is 33.8 Å². The first-order chi connectivity index (χ1) is 14.9. The second kappa shape index (κ2) is 7.90. The minimum Gasteiger partial charge on any atom is -0.493 e. The van der Waals surface area contributed by atoms with E-state index in [1.165, 1.54) is 18.7 Å². The molecule has 0 amide bonds. The average Bonchev–Trinajstić information content (AvgIpc) is 3.14. The predicted octanol–water partition coefficient (Wildman–Crippen LogP) is 2.25. The molecule has 1 aliphatic heterocycles. The van der Waals surface area contributed by atoms with Crippen molar-refractivity contribution in [2.24, 2.45) is 7.05 Å². The standard InChI is InChI=1S/C22H23N3O6/c1-5-9-25-19-18(20(26)24(3)22(25)28)16(17-13(23-19)11-31-21(17)27)12-7-8-14(30-6-2)15(10-12)29-4/h7-8,10H,5-6,9,11H2,1-4H3. The van der Waals surface area contributed by atoms with E-state index in [-0.39, 0.29) is 23.2 Å². The van der Waals surface area contributed by atoms with Crippen LogP contribution in [0.15, 0.2) is 27.8 Å². The van der Waals surface area contributed by atoms with Crippen molar-refractivity contribution in [1.29, 1.82) is 0 Å². The summed E-state index contributed by atoms with van der Waals surface area (Å²) in [5, 5.41) is 0.194. The van der Waals surface area contributed by atoms with Gasteiger partial charge >= 0.3 is 11.7 Å². The molecular formula is C22H23N3O6. The van der Waals surface area contributed by atoms with Gasteiger partial charge in [-0.15, -0.1) is 0 Å². The summed E-state index contributed by atoms with van der Waals surface area (Å²) >= 11 is 0. The topological polar surface area (TPSA) is 102 Å². The van der Waals surface area contributed by atoms with Gasteiger partial charge in [-0.05, 0) is 31.0 Å². The van der Waals surface area contributed by atoms with Gasteiger partial charge in [-0.25, -0.2) is 14.6 Å². The molecule has 0 saturated carbocycles. The van der Waals surface area contributed by atoms with Crippen LogP contribution in [0.5, 0.6) is 11.5 Å². The summed E-state index contributed by atoms with van der Waals surface area (Å²) in [6, 6.07) is 5.19. The molecule has 0 aliphatic carbocycles. The lowest BCUT2D eigenvalue weighted by Crippen LogP contribution is -2.39. The van der Waals surface area contributed by atoms with Gasteiger partial charge in [0, 0.05) is 19.2 Å². The fraction of sp³-hybridized carbons (Fsp3) is 0.364. The number of cyclic esters (lactones) is 1. The Morgan fingerprint density at radius 2 is 1.90 bits per heavy atom. The summed E-state index contributed by atoms with van der Waals surface area (Å²) in [5.41, 5.74) is 0.860. The molecule has 162 valence electrons. The number of benzene rings is 1. The lowest BCUT2D eigenvalue weighted by molar-refractivity contribution is 0.0534. The molecule has 1 aliphatic rings. The molecule has 3 heterocycles. The van der Waals surface area contributed by atoms with Crippen molar-refractivity contribution in [3.63, 3.8) is 0 Å². The van der Waals surface area contributed by atoms with Crippen LogP contribution < -0.4 is 20.7 Å². The lowest BCUT2D eigenvalue weighted by atomic mass is 9.96. The van der Waals surface area contributed by atoms with Gasteiger partial charge < -0.3 is 14.2 Å². The van der Waals surface area contributed by atoms with Crippen LogP contribution in [0.3, 0.4) is 0 Å². The Balaban J connectivity index is 2.17. The highest BCUT2D eigenvalue weighted by molar-refractivity contribution is 6.08. The highest BCUT2D eigenvalue weighted by Crippen LogP contribution is 2.39. The fourth-order valence-corrected chi connectivity index (χ4v) is 3.89. The Kier molecular flexibility index (Phi) is 5.26. The van der Waals surface area contributed by atoms with Crippen LogP contribution in [0.2, 0.25) is 0 Å². The number of esters is 1. The van der Waals surface area contributed by atoms with Crippen LogP contribution in [-0.2, 0) is 24.9 Å². The van der Waals surface area contributed by atoms with Crippen LogP contribution in [0.25, 0.3) is 22.2 Å². The number of hydrogen-bond acceptors (Lipinski definition) is 7. The molecule has 0 bridgehead atoms. The van der Waals surface area contributed by atoms with Gasteiger partial charge in [0.1, 0.15) is 6.61 Å². The number of carbonyl (C=O) groups is 1. The van der Waals surface area contributed by atoms with Crippen molar-refractivity contribution in [1.82, 2.24) is 14.1 Å². The molecule has 0 N–H and O–H groups in total. The zero-order valence-corrected chi connectivity index (χ0v) is 17.9. The Hall–Kier alpha value is -3.62. The number of ether oxygens (including phenoxy) is 3. The molecule has 3 aromatic rings. The first-order valence-electron chi connectivity index (χ1n) is 10.1. The van der Waals surface area contributed by atoms with E-state index in [9.17, 15) is 14.4 Å². The number of aromatic nitrogens is 3. The van der Waals surface area contributed by atoms with E-state index < -0.39 is 17.2 Å². The second-order valence-corrected chi connectivity index (χ2v) is 7.18. The van der Waals surface area contributed by atoms with Crippen molar-refractivity contribution in [3.05, 3.63) is 50.3 Å². The Labute approximate surface area is 177 Å². The largest absolute Gasteiger partial charge is 0.493 e. The zero-order chi connectivity index (χ0) is 22.3. The van der Waals surface area contributed by atoms with E-state index >= 15 is 0 Å². The molecule has 0 spiro atoms. The first kappa shape index (κ1) is 20.6. The number of methoxy groups -OCH3 is 1. The van der Waals surface area contributed by atoms with E-state index in [4.69, 9.17) is 14.2 Å². The maximum absolute atomic E-state index is 13.2. The lowest BCUT2D eigenvalue weighted by Gasteiger charge is -2.16. The van der Waals surface area contributed by atoms with Crippen molar-refractivity contribution in [2.45, 2.75) is 33.4 Å². The summed E-state index contributed by atoms with van der Waals surface area (Å²) in [7, 11) is 2.94. The quantitative estimate of drug-likeness (QED) is 0.558. The van der Waals surface area contributed by atoms with Gasteiger partial charge in [-0.1, -0.05) is 13.0 Å². The van der Waals surface area contributed by atoms with Gasteiger partial charge in [0.15, 0.2) is 17.1 Å². The van der Waals surface area contributed by atoms with Crippen molar-refractivity contribution >= 4 is 17.0 Å². The number of pyridine rings is 1. The van der Waals surface area contributed by atoms with E-state index in [0.717, 1.165) is 4.57 Å². The maximum Gasteiger partial charge on any atom is 0.341 e. The molecule has 0 saturated heterocycles. The molecule has 0 atom stereocenters. The van der Waals surface area contributed by atoms with Crippen LogP contribution in [0.1, 0.15) is 36.3 Å². The number of carbonyl (C=O) groups excluding carboxylic acids is 1. The number of fused-ring (bicyclic) bond motifs is 2. The van der Waals surface area contributed by atoms with Gasteiger partial charge in [0.2, 0.25) is 0 Å². The Morgan fingerprint density at radius 3 is 2.58 bits per heavy atom. The predicted molar refractivity (Wildman–Crippen MR) is 114 cm³/mol. The van der Waals surface area contributed by atoms with Crippen molar-refractivity contribution in [2.75, 3.05) is 13.7 Å². The Morgan fingerprint density at radius 1 is 1.13 bits per heavy atom. The van der Waals surface area contributed by atoms with Crippen LogP contribution in [0.4, 0.5) is 0 Å². The monoisotopic (exact) mass is 425 g/mol. The second-order valence-electron chi connectivity index (χ2n) is 7.18. The van der Waals surface area contributed by atoms with E-state index in [1.807, 2.05) is 13.8 Å². The third-order valence-corrected chi connectivity index (χ3v) is 5.29. The number of rotatable bonds is 6. The summed E-state index contributed by atoms with van der Waals surface area (Å²) < 4.78 is 18.8. The van der Waals surface area contributed by atoms with Gasteiger partial charge in [-0.3, -0.25) is 13.9 Å². The summed E-state index contributed by atoms with van der Waals surface area (Å²) in [6.07, 6.45) is 0.674. The van der Waals surface area contributed by atoms with Gasteiger partial charge in [0.25, 0.3) is 5.56 Å². The first-order valence-corrected chi connectivity index (χ1v) is 10.1. The molecule has 2 aromatic heterocycles. The van der Waals surface area contributed by atoms with Crippen molar-refractivity contribution in [3.8, 4) is 22.6 Å². The molecule has 0 unspecified atom stereocenters. The zero-order valence-electron chi connectivity index (χ0n) is 17.9. The molecule has 9 nitrogen and oxygen atoms in total. The normalized spacial score (nSPS) is 12.7. The third kappa shape index (κ3) is 3.17. The molecule has 31 heavy (non-hydrogen) atoms. The fourth-order valence-electron chi connectivity index (χ4n) is 3.89.